The SMILES string of the molecule is O=C(Nc1ccc(N2CCOCC2)cn1)c1cc(Br)ccc1Cl. The predicted molar refractivity (Wildman–Crippen MR) is 94.4 cm³/mol. The molecule has 1 amide bonds. The van der Waals surface area contributed by atoms with Gasteiger partial charge in [0.15, 0.2) is 0 Å². The normalized spacial score (nSPS) is 14.6. The largest absolute Gasteiger partial charge is 0.378 e. The van der Waals surface area contributed by atoms with Crippen molar-refractivity contribution in [1.29, 1.82) is 0 Å². The molecule has 0 unspecified atom stereocenters. The molecule has 0 saturated carbocycles. The van der Waals surface area contributed by atoms with Crippen LogP contribution in [0.2, 0.25) is 5.02 Å². The minimum Gasteiger partial charge on any atom is -0.378 e. The second-order valence-corrected chi connectivity index (χ2v) is 6.40. The van der Waals surface area contributed by atoms with E-state index in [1.807, 2.05) is 6.07 Å². The van der Waals surface area contributed by atoms with Crippen LogP contribution in [0.4, 0.5) is 11.5 Å². The van der Waals surface area contributed by atoms with E-state index in [4.69, 9.17) is 16.3 Å². The van der Waals surface area contributed by atoms with Crippen LogP contribution in [0.25, 0.3) is 0 Å². The number of ether oxygens (including phenoxy) is 1. The van der Waals surface area contributed by atoms with Gasteiger partial charge in [0.05, 0.1) is 35.7 Å². The first-order valence-electron chi connectivity index (χ1n) is 7.18. The standard InChI is InChI=1S/C16H15BrClN3O2/c17-11-1-3-14(18)13(9-11)16(22)20-15-4-2-12(10-19-15)21-5-7-23-8-6-21/h1-4,9-10H,5-8H2,(H,19,20,22). The quantitative estimate of drug-likeness (QED) is 0.861. The number of hydrogen-bond acceptors (Lipinski definition) is 4. The summed E-state index contributed by atoms with van der Waals surface area (Å²) in [6.07, 6.45) is 1.75. The summed E-state index contributed by atoms with van der Waals surface area (Å²) in [5.74, 6) is 0.200. The number of morpholine rings is 1. The van der Waals surface area contributed by atoms with Crippen molar-refractivity contribution < 1.29 is 9.53 Å². The van der Waals surface area contributed by atoms with Crippen LogP contribution in [0.1, 0.15) is 10.4 Å². The van der Waals surface area contributed by atoms with Gasteiger partial charge in [0.2, 0.25) is 0 Å². The van der Waals surface area contributed by atoms with E-state index in [9.17, 15) is 4.79 Å². The topological polar surface area (TPSA) is 54.5 Å². The van der Waals surface area contributed by atoms with E-state index in [0.29, 0.717) is 16.4 Å². The minimum atomic E-state index is -0.289. The third-order valence-electron chi connectivity index (χ3n) is 3.54. The Morgan fingerprint density at radius 2 is 2.04 bits per heavy atom. The van der Waals surface area contributed by atoms with Crippen LogP contribution in [0, 0.1) is 0 Å². The van der Waals surface area contributed by atoms with Crippen molar-refractivity contribution in [2.24, 2.45) is 0 Å². The Hall–Kier alpha value is -1.63. The van der Waals surface area contributed by atoms with Crippen LogP contribution < -0.4 is 10.2 Å². The van der Waals surface area contributed by atoms with Crippen LogP contribution in [0.15, 0.2) is 41.0 Å². The number of rotatable bonds is 3. The Balaban J connectivity index is 1.70. The van der Waals surface area contributed by atoms with E-state index in [0.717, 1.165) is 36.5 Å². The lowest BCUT2D eigenvalue weighted by Crippen LogP contribution is -2.36. The van der Waals surface area contributed by atoms with Gasteiger partial charge in [-0.15, -0.1) is 0 Å². The zero-order chi connectivity index (χ0) is 16.2. The fourth-order valence-electron chi connectivity index (χ4n) is 2.32. The van der Waals surface area contributed by atoms with Crippen LogP contribution >= 0.6 is 27.5 Å². The van der Waals surface area contributed by atoms with Crippen molar-refractivity contribution in [3.05, 3.63) is 51.6 Å². The van der Waals surface area contributed by atoms with Crippen LogP contribution in [-0.4, -0.2) is 37.2 Å². The molecule has 0 aliphatic carbocycles. The van der Waals surface area contributed by atoms with E-state index in [1.54, 1.807) is 30.5 Å². The van der Waals surface area contributed by atoms with Gasteiger partial charge in [-0.25, -0.2) is 4.98 Å². The van der Waals surface area contributed by atoms with Crippen LogP contribution in [0.5, 0.6) is 0 Å². The van der Waals surface area contributed by atoms with Crippen molar-refractivity contribution >= 4 is 44.9 Å². The highest BCUT2D eigenvalue weighted by atomic mass is 79.9. The molecular formula is C16H15BrClN3O2. The lowest BCUT2D eigenvalue weighted by atomic mass is 10.2. The second-order valence-electron chi connectivity index (χ2n) is 5.08. The molecule has 7 heteroatoms. The number of halogens is 2. The lowest BCUT2D eigenvalue weighted by Gasteiger charge is -2.28. The highest BCUT2D eigenvalue weighted by Gasteiger charge is 2.14. The number of carbonyl (C=O) groups excluding carboxylic acids is 1. The number of benzene rings is 1. The third-order valence-corrected chi connectivity index (χ3v) is 4.36. The Labute approximate surface area is 147 Å². The number of aromatic nitrogens is 1. The average Bonchev–Trinajstić information content (AvgIpc) is 2.58. The Kier molecular flexibility index (Phi) is 5.15. The fraction of sp³-hybridized carbons (Fsp3) is 0.250. The summed E-state index contributed by atoms with van der Waals surface area (Å²) in [5, 5.41) is 3.16. The molecule has 0 radical (unpaired) electrons. The number of anilines is 2. The zero-order valence-electron chi connectivity index (χ0n) is 12.3. The molecule has 23 heavy (non-hydrogen) atoms. The molecule has 2 aromatic rings. The maximum atomic E-state index is 12.3. The molecule has 0 atom stereocenters. The van der Waals surface area contributed by atoms with Gasteiger partial charge >= 0.3 is 0 Å². The number of pyridine rings is 1. The highest BCUT2D eigenvalue weighted by Crippen LogP contribution is 2.22. The maximum absolute atomic E-state index is 12.3. The molecular weight excluding hydrogens is 382 g/mol. The van der Waals surface area contributed by atoms with Gasteiger partial charge < -0.3 is 15.0 Å². The van der Waals surface area contributed by atoms with Crippen molar-refractivity contribution in [3.63, 3.8) is 0 Å². The number of amides is 1. The van der Waals surface area contributed by atoms with Gasteiger partial charge in [0.1, 0.15) is 5.82 Å². The highest BCUT2D eigenvalue weighted by molar-refractivity contribution is 9.10. The molecule has 2 heterocycles. The van der Waals surface area contributed by atoms with Gasteiger partial charge in [-0.05, 0) is 30.3 Å². The summed E-state index contributed by atoms with van der Waals surface area (Å²) in [6.45, 7) is 3.14. The lowest BCUT2D eigenvalue weighted by molar-refractivity contribution is 0.102. The first-order chi connectivity index (χ1) is 11.1. The molecule has 120 valence electrons. The molecule has 3 rings (SSSR count). The molecule has 1 fully saturated rings. The zero-order valence-corrected chi connectivity index (χ0v) is 14.6. The van der Waals surface area contributed by atoms with Gasteiger partial charge in [-0.2, -0.15) is 0 Å². The molecule has 1 aliphatic heterocycles. The van der Waals surface area contributed by atoms with E-state index in [-0.39, 0.29) is 5.91 Å². The average molecular weight is 397 g/mol. The monoisotopic (exact) mass is 395 g/mol. The van der Waals surface area contributed by atoms with Gasteiger partial charge in [-0.3, -0.25) is 4.79 Å². The molecule has 1 saturated heterocycles. The van der Waals surface area contributed by atoms with Gasteiger partial charge in [0.25, 0.3) is 5.91 Å². The summed E-state index contributed by atoms with van der Waals surface area (Å²) >= 11 is 9.40. The van der Waals surface area contributed by atoms with Crippen molar-refractivity contribution in [1.82, 2.24) is 4.98 Å². The smallest absolute Gasteiger partial charge is 0.258 e. The van der Waals surface area contributed by atoms with Crippen molar-refractivity contribution in [2.45, 2.75) is 0 Å². The number of hydrogen-bond donors (Lipinski definition) is 1. The van der Waals surface area contributed by atoms with E-state index in [2.05, 4.69) is 31.1 Å². The minimum absolute atomic E-state index is 0.289. The molecule has 0 bridgehead atoms. The van der Waals surface area contributed by atoms with Gasteiger partial charge in [-0.1, -0.05) is 27.5 Å². The van der Waals surface area contributed by atoms with Gasteiger partial charge in [0, 0.05) is 17.6 Å². The molecule has 0 spiro atoms. The van der Waals surface area contributed by atoms with E-state index in [1.165, 1.54) is 0 Å². The molecule has 5 nitrogen and oxygen atoms in total. The predicted octanol–water partition coefficient (Wildman–Crippen LogP) is 3.59. The second kappa shape index (κ2) is 7.29. The maximum Gasteiger partial charge on any atom is 0.258 e. The van der Waals surface area contributed by atoms with Crippen molar-refractivity contribution in [2.75, 3.05) is 36.5 Å². The molecule has 1 N–H and O–H groups in total. The Bertz CT molecular complexity index is 703. The van der Waals surface area contributed by atoms with Crippen LogP contribution in [-0.2, 0) is 4.74 Å². The molecule has 1 aromatic carbocycles. The third kappa shape index (κ3) is 4.02. The number of carbonyl (C=O) groups is 1. The molecule has 1 aliphatic rings. The number of nitrogens with one attached hydrogen (secondary N) is 1. The first-order valence-corrected chi connectivity index (χ1v) is 8.36. The van der Waals surface area contributed by atoms with Crippen molar-refractivity contribution in [3.8, 4) is 0 Å². The van der Waals surface area contributed by atoms with E-state index < -0.39 is 0 Å². The Morgan fingerprint density at radius 3 is 2.74 bits per heavy atom. The summed E-state index contributed by atoms with van der Waals surface area (Å²) in [4.78, 5) is 18.8. The molecule has 1 aromatic heterocycles. The summed E-state index contributed by atoms with van der Waals surface area (Å²) in [6, 6.07) is 8.87. The summed E-state index contributed by atoms with van der Waals surface area (Å²) < 4.78 is 6.13. The fourth-order valence-corrected chi connectivity index (χ4v) is 2.89. The van der Waals surface area contributed by atoms with Crippen LogP contribution in [0.3, 0.4) is 0 Å². The number of nitrogens with zero attached hydrogens (tertiary/aromatic N) is 2. The summed E-state index contributed by atoms with van der Waals surface area (Å²) in [7, 11) is 0. The first kappa shape index (κ1) is 16.2. The summed E-state index contributed by atoms with van der Waals surface area (Å²) in [5.41, 5.74) is 1.42. The van der Waals surface area contributed by atoms with E-state index >= 15 is 0 Å². The Morgan fingerprint density at radius 1 is 1.26 bits per heavy atom.